The lowest BCUT2D eigenvalue weighted by molar-refractivity contribution is 1.44. The quantitative estimate of drug-likeness (QED) is 0.684. The number of hydrogen-bond acceptors (Lipinski definition) is 1. The average molecular weight is 173 g/mol. The van der Waals surface area contributed by atoms with Crippen molar-refractivity contribution in [1.82, 2.24) is 0 Å². The van der Waals surface area contributed by atoms with Gasteiger partial charge in [0.2, 0.25) is 0 Å². The van der Waals surface area contributed by atoms with Crippen molar-refractivity contribution in [3.05, 3.63) is 53.6 Å². The Morgan fingerprint density at radius 2 is 1.85 bits per heavy atom. The van der Waals surface area contributed by atoms with Gasteiger partial charge in [0.1, 0.15) is 0 Å². The van der Waals surface area contributed by atoms with E-state index in [1.165, 1.54) is 5.57 Å². The molecule has 0 amide bonds. The molecule has 0 unspecified atom stereocenters. The topological polar surface area (TPSA) is 26.0 Å². The molecule has 1 aromatic rings. The van der Waals surface area contributed by atoms with E-state index in [-0.39, 0.29) is 0 Å². The summed E-state index contributed by atoms with van der Waals surface area (Å²) in [6, 6.07) is 9.98. The molecule has 0 saturated carbocycles. The van der Waals surface area contributed by atoms with Crippen LogP contribution in [-0.2, 0) is 0 Å². The molecular weight excluding hydrogens is 158 g/mol. The standard InChI is InChI=1S/C12H15N/c1-3-10(2)9-12(13)11-7-5-4-6-8-11/h3-9H,13H2,1-2H3/b10-3-,12-9-. The molecule has 0 spiro atoms. The van der Waals surface area contributed by atoms with Crippen molar-refractivity contribution in [3.8, 4) is 0 Å². The van der Waals surface area contributed by atoms with E-state index in [2.05, 4.69) is 0 Å². The summed E-state index contributed by atoms with van der Waals surface area (Å²) in [6.07, 6.45) is 4.02. The number of benzene rings is 1. The van der Waals surface area contributed by atoms with Crippen LogP contribution in [0.25, 0.3) is 5.70 Å². The van der Waals surface area contributed by atoms with Crippen LogP contribution in [0, 0.1) is 0 Å². The molecule has 1 rings (SSSR count). The third-order valence-electron chi connectivity index (χ3n) is 1.95. The molecule has 68 valence electrons. The lowest BCUT2D eigenvalue weighted by Crippen LogP contribution is -1.95. The van der Waals surface area contributed by atoms with Gasteiger partial charge in [-0.25, -0.2) is 0 Å². The highest BCUT2D eigenvalue weighted by Crippen LogP contribution is 2.10. The zero-order valence-electron chi connectivity index (χ0n) is 8.12. The van der Waals surface area contributed by atoms with Crippen molar-refractivity contribution in [2.45, 2.75) is 13.8 Å². The zero-order valence-corrected chi connectivity index (χ0v) is 8.12. The minimum Gasteiger partial charge on any atom is -0.398 e. The van der Waals surface area contributed by atoms with Crippen molar-refractivity contribution in [2.75, 3.05) is 0 Å². The number of rotatable bonds is 2. The molecular formula is C12H15N. The first kappa shape index (κ1) is 9.59. The van der Waals surface area contributed by atoms with Crippen molar-refractivity contribution in [2.24, 2.45) is 5.73 Å². The van der Waals surface area contributed by atoms with E-state index in [0.717, 1.165) is 11.3 Å². The van der Waals surface area contributed by atoms with Gasteiger partial charge in [-0.15, -0.1) is 0 Å². The minimum absolute atomic E-state index is 0.816. The summed E-state index contributed by atoms with van der Waals surface area (Å²) in [5.41, 5.74) is 8.96. The maximum Gasteiger partial charge on any atom is 0.0390 e. The van der Waals surface area contributed by atoms with Gasteiger partial charge >= 0.3 is 0 Å². The van der Waals surface area contributed by atoms with Gasteiger partial charge in [-0.05, 0) is 25.5 Å². The third kappa shape index (κ3) is 2.79. The number of hydrogen-bond donors (Lipinski definition) is 1. The Morgan fingerprint density at radius 3 is 2.38 bits per heavy atom. The van der Waals surface area contributed by atoms with E-state index in [0.29, 0.717) is 0 Å². The highest BCUT2D eigenvalue weighted by atomic mass is 14.6. The number of nitrogens with two attached hydrogens (primary N) is 1. The summed E-state index contributed by atoms with van der Waals surface area (Å²) in [7, 11) is 0. The van der Waals surface area contributed by atoms with Gasteiger partial charge in [-0.2, -0.15) is 0 Å². The molecule has 0 aliphatic rings. The fourth-order valence-corrected chi connectivity index (χ4v) is 1.04. The Kier molecular flexibility index (Phi) is 3.32. The van der Waals surface area contributed by atoms with Crippen LogP contribution in [0.5, 0.6) is 0 Å². The predicted octanol–water partition coefficient (Wildman–Crippen LogP) is 2.95. The molecule has 1 nitrogen and oxygen atoms in total. The fourth-order valence-electron chi connectivity index (χ4n) is 1.04. The van der Waals surface area contributed by atoms with Crippen molar-refractivity contribution < 1.29 is 0 Å². The van der Waals surface area contributed by atoms with E-state index in [9.17, 15) is 0 Å². The molecule has 0 bridgehead atoms. The van der Waals surface area contributed by atoms with Gasteiger partial charge in [0, 0.05) is 5.70 Å². The van der Waals surface area contributed by atoms with Crippen LogP contribution >= 0.6 is 0 Å². The largest absolute Gasteiger partial charge is 0.398 e. The Bertz CT molecular complexity index is 320. The lowest BCUT2D eigenvalue weighted by atomic mass is 10.1. The molecule has 1 aromatic carbocycles. The van der Waals surface area contributed by atoms with Gasteiger partial charge < -0.3 is 5.73 Å². The Labute approximate surface area is 79.6 Å². The highest BCUT2D eigenvalue weighted by molar-refractivity contribution is 5.64. The van der Waals surface area contributed by atoms with E-state index < -0.39 is 0 Å². The molecule has 0 saturated heterocycles. The van der Waals surface area contributed by atoms with Gasteiger partial charge in [0.25, 0.3) is 0 Å². The third-order valence-corrected chi connectivity index (χ3v) is 1.95. The fraction of sp³-hybridized carbons (Fsp3) is 0.167. The van der Waals surface area contributed by atoms with Crippen LogP contribution in [0.1, 0.15) is 19.4 Å². The molecule has 0 aromatic heterocycles. The highest BCUT2D eigenvalue weighted by Gasteiger charge is 1.93. The number of allylic oxidation sites excluding steroid dienone is 3. The Morgan fingerprint density at radius 1 is 1.23 bits per heavy atom. The van der Waals surface area contributed by atoms with Crippen LogP contribution in [-0.4, -0.2) is 0 Å². The smallest absolute Gasteiger partial charge is 0.0390 e. The van der Waals surface area contributed by atoms with Gasteiger partial charge in [0.15, 0.2) is 0 Å². The minimum atomic E-state index is 0.816. The van der Waals surface area contributed by atoms with Gasteiger partial charge in [-0.3, -0.25) is 0 Å². The predicted molar refractivity (Wildman–Crippen MR) is 58.0 cm³/mol. The SMILES string of the molecule is C/C=C(C)\C=C(/N)c1ccccc1. The van der Waals surface area contributed by atoms with Crippen LogP contribution in [0.3, 0.4) is 0 Å². The molecule has 0 atom stereocenters. The van der Waals surface area contributed by atoms with E-state index in [4.69, 9.17) is 5.73 Å². The first-order valence-electron chi connectivity index (χ1n) is 4.39. The normalized spacial score (nSPS) is 13.1. The summed E-state index contributed by atoms with van der Waals surface area (Å²) in [5, 5.41) is 0. The molecule has 0 heterocycles. The van der Waals surface area contributed by atoms with Crippen LogP contribution in [0.2, 0.25) is 0 Å². The second-order valence-corrected chi connectivity index (χ2v) is 3.00. The summed E-state index contributed by atoms with van der Waals surface area (Å²) in [6.45, 7) is 4.04. The molecule has 0 aliphatic carbocycles. The average Bonchev–Trinajstić information content (AvgIpc) is 2.19. The van der Waals surface area contributed by atoms with Crippen LogP contribution in [0.15, 0.2) is 48.1 Å². The maximum atomic E-state index is 5.89. The van der Waals surface area contributed by atoms with E-state index >= 15 is 0 Å². The second-order valence-electron chi connectivity index (χ2n) is 3.00. The Balaban J connectivity index is 2.92. The zero-order chi connectivity index (χ0) is 9.68. The molecule has 0 aliphatic heterocycles. The molecule has 0 fully saturated rings. The molecule has 13 heavy (non-hydrogen) atoms. The first-order valence-corrected chi connectivity index (χ1v) is 4.39. The first-order chi connectivity index (χ1) is 6.24. The van der Waals surface area contributed by atoms with Crippen molar-refractivity contribution in [1.29, 1.82) is 0 Å². The van der Waals surface area contributed by atoms with Crippen LogP contribution in [0.4, 0.5) is 0 Å². The van der Waals surface area contributed by atoms with E-state index in [1.807, 2.05) is 56.3 Å². The molecule has 0 radical (unpaired) electrons. The monoisotopic (exact) mass is 173 g/mol. The summed E-state index contributed by atoms with van der Waals surface area (Å²) < 4.78 is 0. The summed E-state index contributed by atoms with van der Waals surface area (Å²) >= 11 is 0. The van der Waals surface area contributed by atoms with Crippen molar-refractivity contribution in [3.63, 3.8) is 0 Å². The van der Waals surface area contributed by atoms with Gasteiger partial charge in [0.05, 0.1) is 0 Å². The van der Waals surface area contributed by atoms with Crippen molar-refractivity contribution >= 4 is 5.70 Å². The van der Waals surface area contributed by atoms with Crippen LogP contribution < -0.4 is 5.73 Å². The second kappa shape index (κ2) is 4.51. The Hall–Kier alpha value is -1.50. The maximum absolute atomic E-state index is 5.89. The molecule has 2 N–H and O–H groups in total. The summed E-state index contributed by atoms with van der Waals surface area (Å²) in [5.74, 6) is 0. The van der Waals surface area contributed by atoms with E-state index in [1.54, 1.807) is 0 Å². The molecule has 1 heteroatoms. The lowest BCUT2D eigenvalue weighted by Gasteiger charge is -2.00. The van der Waals surface area contributed by atoms with Gasteiger partial charge in [-0.1, -0.05) is 42.0 Å². The summed E-state index contributed by atoms with van der Waals surface area (Å²) in [4.78, 5) is 0.